The van der Waals surface area contributed by atoms with Crippen molar-refractivity contribution in [1.29, 1.82) is 0 Å². The van der Waals surface area contributed by atoms with Crippen LogP contribution in [0.15, 0.2) is 73.2 Å². The first kappa shape index (κ1) is 18.1. The normalized spacial score (nSPS) is 10.6. The fourth-order valence-electron chi connectivity index (χ4n) is 2.71. The molecule has 9 nitrogen and oxygen atoms in total. The van der Waals surface area contributed by atoms with Gasteiger partial charge in [-0.2, -0.15) is 0 Å². The molecule has 1 amide bonds. The predicted molar refractivity (Wildman–Crippen MR) is 106 cm³/mol. The van der Waals surface area contributed by atoms with E-state index >= 15 is 0 Å². The zero-order valence-electron chi connectivity index (χ0n) is 15.1. The third-order valence-electron chi connectivity index (χ3n) is 4.10. The van der Waals surface area contributed by atoms with E-state index in [0.29, 0.717) is 22.9 Å². The first-order valence-electron chi connectivity index (χ1n) is 8.66. The Bertz CT molecular complexity index is 1170. The van der Waals surface area contributed by atoms with Gasteiger partial charge in [-0.25, -0.2) is 9.97 Å². The molecule has 0 aliphatic rings. The first-order valence-corrected chi connectivity index (χ1v) is 8.66. The molecule has 0 saturated carbocycles. The fraction of sp³-hybridized carbons (Fsp3) is 0.0500. The Morgan fingerprint density at radius 1 is 1.10 bits per heavy atom. The molecule has 1 N–H and O–H groups in total. The van der Waals surface area contributed by atoms with Gasteiger partial charge in [0.1, 0.15) is 17.2 Å². The van der Waals surface area contributed by atoms with Crippen molar-refractivity contribution in [3.63, 3.8) is 0 Å². The molecule has 0 radical (unpaired) electrons. The van der Waals surface area contributed by atoms with Gasteiger partial charge in [-0.05, 0) is 42.5 Å². The molecule has 1 aromatic carbocycles. The van der Waals surface area contributed by atoms with Crippen LogP contribution in [-0.4, -0.2) is 31.8 Å². The van der Waals surface area contributed by atoms with Gasteiger partial charge in [-0.3, -0.25) is 19.3 Å². The summed E-state index contributed by atoms with van der Waals surface area (Å²) < 4.78 is 7.10. The lowest BCUT2D eigenvalue weighted by Crippen LogP contribution is -2.20. The summed E-state index contributed by atoms with van der Waals surface area (Å²) in [7, 11) is 0. The molecular formula is C20H15N5O4. The van der Waals surface area contributed by atoms with E-state index in [1.54, 1.807) is 53.2 Å². The van der Waals surface area contributed by atoms with Crippen molar-refractivity contribution in [2.24, 2.45) is 0 Å². The number of fused-ring (bicyclic) bond motifs is 1. The van der Waals surface area contributed by atoms with Crippen LogP contribution in [0, 0.1) is 10.1 Å². The van der Waals surface area contributed by atoms with E-state index in [0.717, 1.165) is 5.56 Å². The largest absolute Gasteiger partial charge is 0.484 e. The van der Waals surface area contributed by atoms with Gasteiger partial charge in [-0.15, -0.1) is 0 Å². The van der Waals surface area contributed by atoms with Crippen LogP contribution in [0.3, 0.4) is 0 Å². The average molecular weight is 389 g/mol. The molecule has 144 valence electrons. The lowest BCUT2D eigenvalue weighted by Gasteiger charge is -2.07. The van der Waals surface area contributed by atoms with Crippen molar-refractivity contribution < 1.29 is 14.5 Å². The number of pyridine rings is 2. The van der Waals surface area contributed by atoms with E-state index < -0.39 is 4.92 Å². The summed E-state index contributed by atoms with van der Waals surface area (Å²) >= 11 is 0. The summed E-state index contributed by atoms with van der Waals surface area (Å²) in [6.45, 7) is -0.145. The Balaban J connectivity index is 1.42. The number of ether oxygens (including phenoxy) is 1. The van der Waals surface area contributed by atoms with E-state index in [9.17, 15) is 14.9 Å². The molecule has 29 heavy (non-hydrogen) atoms. The molecule has 3 aromatic heterocycles. The van der Waals surface area contributed by atoms with Gasteiger partial charge in [0.05, 0.1) is 16.8 Å². The first-order chi connectivity index (χ1) is 14.1. The number of nitro groups is 1. The van der Waals surface area contributed by atoms with Gasteiger partial charge < -0.3 is 10.1 Å². The van der Waals surface area contributed by atoms with Crippen molar-refractivity contribution in [2.45, 2.75) is 0 Å². The Labute approximate surface area is 164 Å². The van der Waals surface area contributed by atoms with Gasteiger partial charge in [0.2, 0.25) is 0 Å². The molecule has 9 heteroatoms. The molecule has 0 aliphatic carbocycles. The molecule has 3 heterocycles. The third kappa shape index (κ3) is 4.19. The van der Waals surface area contributed by atoms with Crippen LogP contribution in [0.5, 0.6) is 5.75 Å². The van der Waals surface area contributed by atoms with Gasteiger partial charge in [-0.1, -0.05) is 6.07 Å². The van der Waals surface area contributed by atoms with Crippen LogP contribution in [0.25, 0.3) is 16.9 Å². The quantitative estimate of drug-likeness (QED) is 0.400. The van der Waals surface area contributed by atoms with Crippen LogP contribution >= 0.6 is 0 Å². The molecule has 0 spiro atoms. The number of nitrogens with zero attached hydrogens (tertiary/aromatic N) is 4. The molecule has 0 unspecified atom stereocenters. The second-order valence-electron chi connectivity index (χ2n) is 6.11. The topological polar surface area (TPSA) is 112 Å². The maximum atomic E-state index is 11.9. The number of amides is 1. The number of anilines is 1. The van der Waals surface area contributed by atoms with Gasteiger partial charge in [0.25, 0.3) is 11.6 Å². The maximum Gasteiger partial charge on any atom is 0.286 e. The van der Waals surface area contributed by atoms with Gasteiger partial charge in [0.15, 0.2) is 6.61 Å². The van der Waals surface area contributed by atoms with Crippen LogP contribution in [0.1, 0.15) is 0 Å². The van der Waals surface area contributed by atoms with Crippen molar-refractivity contribution in [3.8, 4) is 17.0 Å². The number of nitrogens with one attached hydrogen (secondary N) is 1. The standard InChI is InChI=1S/C20H15N5O4/c26-20(23-18-3-1-2-10-21-18)13-29-16-7-4-14(5-8-16)17-12-24-11-15(25(27)28)6-9-19(24)22-17/h1-12H,13H2,(H,21,23,26). The number of carbonyl (C=O) groups is 1. The monoisotopic (exact) mass is 389 g/mol. The molecule has 0 fully saturated rings. The Kier molecular flexibility index (Phi) is 4.85. The lowest BCUT2D eigenvalue weighted by molar-refractivity contribution is -0.385. The highest BCUT2D eigenvalue weighted by atomic mass is 16.6. The number of carbonyl (C=O) groups excluding carboxylic acids is 1. The van der Waals surface area contributed by atoms with Crippen molar-refractivity contribution in [2.75, 3.05) is 11.9 Å². The number of benzene rings is 1. The minimum atomic E-state index is -0.449. The summed E-state index contributed by atoms with van der Waals surface area (Å²) in [6.07, 6.45) is 4.73. The zero-order chi connectivity index (χ0) is 20.2. The van der Waals surface area contributed by atoms with E-state index in [2.05, 4.69) is 15.3 Å². The summed E-state index contributed by atoms with van der Waals surface area (Å²) in [5, 5.41) is 13.5. The fourth-order valence-corrected chi connectivity index (χ4v) is 2.71. The van der Waals surface area contributed by atoms with E-state index in [1.807, 2.05) is 12.1 Å². The van der Waals surface area contributed by atoms with E-state index in [-0.39, 0.29) is 18.2 Å². The van der Waals surface area contributed by atoms with Crippen molar-refractivity contribution in [1.82, 2.24) is 14.4 Å². The lowest BCUT2D eigenvalue weighted by atomic mass is 10.2. The summed E-state index contributed by atoms with van der Waals surface area (Å²) in [6, 6.07) is 15.3. The molecule has 0 aliphatic heterocycles. The highest BCUT2D eigenvalue weighted by molar-refractivity contribution is 5.90. The Morgan fingerprint density at radius 2 is 1.93 bits per heavy atom. The predicted octanol–water partition coefficient (Wildman–Crippen LogP) is 3.32. The minimum absolute atomic E-state index is 0.00539. The second kappa shape index (κ2) is 7.77. The van der Waals surface area contributed by atoms with Crippen molar-refractivity contribution in [3.05, 3.63) is 83.3 Å². The Hall–Kier alpha value is -4.27. The molecule has 4 rings (SSSR count). The number of hydrogen-bond acceptors (Lipinski definition) is 6. The summed E-state index contributed by atoms with van der Waals surface area (Å²) in [5.74, 6) is 0.683. The van der Waals surface area contributed by atoms with Crippen LogP contribution in [0.4, 0.5) is 11.5 Å². The van der Waals surface area contributed by atoms with Crippen molar-refractivity contribution >= 4 is 23.1 Å². The second-order valence-corrected chi connectivity index (χ2v) is 6.11. The van der Waals surface area contributed by atoms with E-state index in [4.69, 9.17) is 4.74 Å². The molecule has 0 atom stereocenters. The molecule has 0 bridgehead atoms. The maximum absolute atomic E-state index is 11.9. The zero-order valence-corrected chi connectivity index (χ0v) is 15.1. The average Bonchev–Trinajstić information content (AvgIpc) is 3.17. The van der Waals surface area contributed by atoms with Gasteiger partial charge >= 0.3 is 0 Å². The van der Waals surface area contributed by atoms with Crippen LogP contribution in [-0.2, 0) is 4.79 Å². The van der Waals surface area contributed by atoms with Gasteiger partial charge in [0, 0.05) is 24.0 Å². The number of aromatic nitrogens is 3. The minimum Gasteiger partial charge on any atom is -0.484 e. The summed E-state index contributed by atoms with van der Waals surface area (Å²) in [5.41, 5.74) is 2.10. The molecular weight excluding hydrogens is 374 g/mol. The highest BCUT2D eigenvalue weighted by Gasteiger charge is 2.10. The molecule has 4 aromatic rings. The van der Waals surface area contributed by atoms with Crippen LogP contribution < -0.4 is 10.1 Å². The number of imidazole rings is 1. The number of hydrogen-bond donors (Lipinski definition) is 1. The summed E-state index contributed by atoms with van der Waals surface area (Å²) in [4.78, 5) is 30.8. The van der Waals surface area contributed by atoms with E-state index in [1.165, 1.54) is 12.3 Å². The Morgan fingerprint density at radius 3 is 2.66 bits per heavy atom. The molecule has 0 saturated heterocycles. The van der Waals surface area contributed by atoms with Crippen LogP contribution in [0.2, 0.25) is 0 Å². The smallest absolute Gasteiger partial charge is 0.286 e. The third-order valence-corrected chi connectivity index (χ3v) is 4.10. The highest BCUT2D eigenvalue weighted by Crippen LogP contribution is 2.23. The SMILES string of the molecule is O=C(COc1ccc(-c2cn3cc([N+](=O)[O-])ccc3n2)cc1)Nc1ccccn1. The number of rotatable bonds is 6.